The first-order chi connectivity index (χ1) is 15.6. The van der Waals surface area contributed by atoms with E-state index in [1.807, 2.05) is 6.08 Å². The lowest BCUT2D eigenvalue weighted by molar-refractivity contribution is -0.135. The van der Waals surface area contributed by atoms with Crippen molar-refractivity contribution in [2.45, 2.75) is 36.1 Å². The van der Waals surface area contributed by atoms with Crippen LogP contribution in [0.25, 0.3) is 6.08 Å². The zero-order chi connectivity index (χ0) is 22.2. The Morgan fingerprint density at radius 3 is 2.94 bits per heavy atom. The summed E-state index contributed by atoms with van der Waals surface area (Å²) >= 11 is 8.28. The van der Waals surface area contributed by atoms with Crippen molar-refractivity contribution < 1.29 is 14.3 Å². The molecule has 0 bridgehead atoms. The first-order valence-corrected chi connectivity index (χ1v) is 12.9. The summed E-state index contributed by atoms with van der Waals surface area (Å²) in [6, 6.07) is 15.7. The molecule has 1 saturated heterocycles. The number of fused-ring (bicyclic) bond motifs is 3. The van der Waals surface area contributed by atoms with Crippen molar-refractivity contribution in [3.05, 3.63) is 58.5 Å². The lowest BCUT2D eigenvalue weighted by Gasteiger charge is -2.27. The minimum absolute atomic E-state index is 0.149. The average Bonchev–Trinajstić information content (AvgIpc) is 3.46. The van der Waals surface area contributed by atoms with E-state index in [1.54, 1.807) is 11.8 Å². The molecule has 0 aromatic heterocycles. The highest BCUT2D eigenvalue weighted by Gasteiger charge is 2.42. The van der Waals surface area contributed by atoms with Crippen LogP contribution in [0.5, 0.6) is 0 Å². The van der Waals surface area contributed by atoms with Crippen LogP contribution < -0.4 is 4.90 Å². The number of thiocarbonyl (C=S) groups is 1. The number of benzene rings is 2. The fraction of sp³-hybridized carbons (Fsp3) is 0.292. The zero-order valence-corrected chi connectivity index (χ0v) is 20.0. The number of rotatable bonds is 6. The Morgan fingerprint density at radius 2 is 2.12 bits per heavy atom. The number of thioether (sulfide) groups is 2. The minimum Gasteiger partial charge on any atom is -0.446 e. The molecular weight excluding hydrogens is 460 g/mol. The minimum atomic E-state index is -0.225. The Bertz CT molecular complexity index is 1130. The summed E-state index contributed by atoms with van der Waals surface area (Å²) in [5.41, 5.74) is 4.86. The molecular formula is C24H22N2O3S3. The molecule has 1 saturated carbocycles. The van der Waals surface area contributed by atoms with Crippen LogP contribution in [-0.2, 0) is 14.3 Å². The number of anilines is 2. The third kappa shape index (κ3) is 3.74. The van der Waals surface area contributed by atoms with Crippen LogP contribution in [0.4, 0.5) is 11.4 Å². The summed E-state index contributed by atoms with van der Waals surface area (Å²) in [6.45, 7) is 0.172. The monoisotopic (exact) mass is 482 g/mol. The molecule has 5 nitrogen and oxygen atoms in total. The molecule has 1 amide bonds. The second kappa shape index (κ2) is 8.92. The van der Waals surface area contributed by atoms with Crippen molar-refractivity contribution in [1.82, 2.24) is 4.90 Å². The van der Waals surface area contributed by atoms with Gasteiger partial charge in [0.2, 0.25) is 0 Å². The quantitative estimate of drug-likeness (QED) is 0.232. The van der Waals surface area contributed by atoms with Gasteiger partial charge in [-0.1, -0.05) is 42.5 Å². The largest absolute Gasteiger partial charge is 0.446 e. The van der Waals surface area contributed by atoms with Crippen molar-refractivity contribution in [3.63, 3.8) is 0 Å². The van der Waals surface area contributed by atoms with Gasteiger partial charge >= 0.3 is 0 Å². The Morgan fingerprint density at radius 1 is 1.25 bits per heavy atom. The van der Waals surface area contributed by atoms with Crippen LogP contribution >= 0.6 is 35.7 Å². The molecule has 2 fully saturated rings. The molecule has 0 spiro atoms. The lowest BCUT2D eigenvalue weighted by Crippen LogP contribution is -2.30. The molecule has 2 aromatic rings. The van der Waals surface area contributed by atoms with Crippen LogP contribution in [0.2, 0.25) is 0 Å². The number of amides is 1. The molecule has 2 heterocycles. The zero-order valence-electron chi connectivity index (χ0n) is 17.5. The number of carbonyl (C=O) groups is 2. The van der Waals surface area contributed by atoms with Gasteiger partial charge in [-0.15, -0.1) is 11.8 Å². The van der Waals surface area contributed by atoms with Crippen LogP contribution in [0.3, 0.4) is 0 Å². The standard InChI is InChI=1S/C24H22N2O3S3/c1-31-17-5-2-4-16(12-17)26-20-7-3-6-18(20)19-10-15(8-9-21(19)26)11-22-23(28)25(13-29-14-27)24(30)32-22/h2,4-5,8-12,14,18,20H,3,6-7,13H2,1H3. The summed E-state index contributed by atoms with van der Waals surface area (Å²) in [6.07, 6.45) is 7.60. The maximum Gasteiger partial charge on any atom is 0.294 e. The van der Waals surface area contributed by atoms with E-state index >= 15 is 0 Å². The highest BCUT2D eigenvalue weighted by molar-refractivity contribution is 8.26. The van der Waals surface area contributed by atoms with Gasteiger partial charge < -0.3 is 9.64 Å². The van der Waals surface area contributed by atoms with E-state index in [0.717, 1.165) is 5.56 Å². The smallest absolute Gasteiger partial charge is 0.294 e. The molecule has 2 unspecified atom stereocenters. The number of ether oxygens (including phenoxy) is 1. The topological polar surface area (TPSA) is 49.9 Å². The van der Waals surface area contributed by atoms with Gasteiger partial charge in [-0.05, 0) is 66.6 Å². The molecule has 2 aromatic carbocycles. The van der Waals surface area contributed by atoms with Gasteiger partial charge in [0, 0.05) is 28.2 Å². The fourth-order valence-electron chi connectivity index (χ4n) is 4.93. The fourth-order valence-corrected chi connectivity index (χ4v) is 6.61. The summed E-state index contributed by atoms with van der Waals surface area (Å²) in [5.74, 6) is 0.281. The first-order valence-electron chi connectivity index (χ1n) is 10.5. The molecule has 1 aliphatic carbocycles. The van der Waals surface area contributed by atoms with Gasteiger partial charge in [0.25, 0.3) is 12.4 Å². The van der Waals surface area contributed by atoms with Gasteiger partial charge in [0.15, 0.2) is 11.1 Å². The Labute approximate surface area is 201 Å². The van der Waals surface area contributed by atoms with E-state index in [9.17, 15) is 9.59 Å². The normalized spacial score (nSPS) is 23.1. The maximum absolute atomic E-state index is 12.7. The highest BCUT2D eigenvalue weighted by atomic mass is 32.2. The van der Waals surface area contributed by atoms with Crippen LogP contribution in [0.1, 0.15) is 36.3 Å². The van der Waals surface area contributed by atoms with Crippen molar-refractivity contribution in [3.8, 4) is 0 Å². The van der Waals surface area contributed by atoms with Gasteiger partial charge in [-0.25, -0.2) is 0 Å². The predicted octanol–water partition coefficient (Wildman–Crippen LogP) is 5.53. The summed E-state index contributed by atoms with van der Waals surface area (Å²) in [7, 11) is 0. The third-order valence-corrected chi connectivity index (χ3v) is 8.40. The van der Waals surface area contributed by atoms with E-state index in [1.165, 1.54) is 57.8 Å². The second-order valence-corrected chi connectivity index (χ2v) is 10.6. The molecule has 3 aliphatic rings. The second-order valence-electron chi connectivity index (χ2n) is 8.00. The number of hydrogen-bond acceptors (Lipinski definition) is 7. The molecule has 0 N–H and O–H groups in total. The predicted molar refractivity (Wildman–Crippen MR) is 134 cm³/mol. The summed E-state index contributed by atoms with van der Waals surface area (Å²) in [5, 5.41) is 0. The molecule has 2 aliphatic heterocycles. The number of nitrogens with zero attached hydrogens (tertiary/aromatic N) is 2. The Kier molecular flexibility index (Phi) is 6.01. The average molecular weight is 483 g/mol. The van der Waals surface area contributed by atoms with Crippen molar-refractivity contribution >= 4 is 69.9 Å². The molecule has 0 radical (unpaired) electrons. The van der Waals surface area contributed by atoms with Crippen molar-refractivity contribution in [2.24, 2.45) is 0 Å². The van der Waals surface area contributed by atoms with Gasteiger partial charge in [-0.3, -0.25) is 14.5 Å². The first kappa shape index (κ1) is 21.6. The van der Waals surface area contributed by atoms with Gasteiger partial charge in [0.05, 0.1) is 4.91 Å². The summed E-state index contributed by atoms with van der Waals surface area (Å²) < 4.78 is 5.13. The van der Waals surface area contributed by atoms with Gasteiger partial charge in [0.1, 0.15) is 0 Å². The molecule has 164 valence electrons. The summed E-state index contributed by atoms with van der Waals surface area (Å²) in [4.78, 5) is 28.8. The van der Waals surface area contributed by atoms with E-state index in [0.29, 0.717) is 27.7 Å². The van der Waals surface area contributed by atoms with E-state index in [2.05, 4.69) is 53.6 Å². The van der Waals surface area contributed by atoms with Crippen LogP contribution in [0, 0.1) is 0 Å². The molecule has 2 atom stereocenters. The van der Waals surface area contributed by atoms with Crippen LogP contribution in [0.15, 0.2) is 52.3 Å². The van der Waals surface area contributed by atoms with E-state index < -0.39 is 0 Å². The van der Waals surface area contributed by atoms with Crippen LogP contribution in [-0.4, -0.2) is 40.6 Å². The van der Waals surface area contributed by atoms with Gasteiger partial charge in [-0.2, -0.15) is 0 Å². The van der Waals surface area contributed by atoms with E-state index in [-0.39, 0.29) is 12.6 Å². The molecule has 32 heavy (non-hydrogen) atoms. The highest BCUT2D eigenvalue weighted by Crippen LogP contribution is 2.52. The molecule has 8 heteroatoms. The maximum atomic E-state index is 12.7. The Balaban J connectivity index is 1.48. The van der Waals surface area contributed by atoms with Crippen molar-refractivity contribution in [2.75, 3.05) is 17.9 Å². The Hall–Kier alpha value is -2.29. The number of carbonyl (C=O) groups excluding carboxylic acids is 2. The SMILES string of the molecule is CSc1cccc(N2c3ccc(C=C4SC(=S)N(COC=O)C4=O)cc3C3CCCC32)c1. The van der Waals surface area contributed by atoms with Crippen molar-refractivity contribution in [1.29, 1.82) is 0 Å². The molecule has 5 rings (SSSR count). The lowest BCUT2D eigenvalue weighted by atomic mass is 9.96. The number of hydrogen-bond donors (Lipinski definition) is 0. The van der Waals surface area contributed by atoms with E-state index in [4.69, 9.17) is 17.0 Å². The third-order valence-electron chi connectivity index (χ3n) is 6.30.